The Balaban J connectivity index is 1.86. The van der Waals surface area contributed by atoms with Crippen LogP contribution < -0.4 is 9.50 Å². The molecule has 0 saturated carbocycles. The molecule has 10 heteroatoms. The van der Waals surface area contributed by atoms with Gasteiger partial charge in [0, 0.05) is 5.69 Å². The molecule has 3 aromatic carbocycles. The van der Waals surface area contributed by atoms with Crippen molar-refractivity contribution >= 4 is 51.0 Å². The maximum absolute atomic E-state index is 12.4. The predicted molar refractivity (Wildman–Crippen MR) is 121 cm³/mol. The van der Waals surface area contributed by atoms with Crippen LogP contribution in [0.1, 0.15) is 5.56 Å². The Bertz CT molecular complexity index is 1310. The predicted octanol–water partition coefficient (Wildman–Crippen LogP) is 5.01. The molecule has 0 aliphatic heterocycles. The number of nitrogens with zero attached hydrogens (tertiary/aromatic N) is 1. The number of hydrogen-bond acceptors (Lipinski definition) is 6. The molecule has 0 saturated heterocycles. The molecule has 0 spiro atoms. The number of anilines is 1. The summed E-state index contributed by atoms with van der Waals surface area (Å²) in [5.74, 6) is -0.946. The van der Waals surface area contributed by atoms with Gasteiger partial charge in [0.1, 0.15) is 22.3 Å². The SMILES string of the molecule is N#C/C(=C\c1cc(Cl)c(OS(=O)(=O)c2ccccc2)c(Cl)c1)C(=O)Nc1ccc(O)cc1. The van der Waals surface area contributed by atoms with Crippen molar-refractivity contribution in [1.29, 1.82) is 5.26 Å². The molecular formula is C22H14Cl2N2O5S. The molecule has 0 atom stereocenters. The van der Waals surface area contributed by atoms with Gasteiger partial charge in [0.05, 0.1) is 10.0 Å². The van der Waals surface area contributed by atoms with Crippen LogP contribution in [0.3, 0.4) is 0 Å². The first kappa shape index (κ1) is 23.2. The summed E-state index contributed by atoms with van der Waals surface area (Å²) in [6.07, 6.45) is 1.24. The third kappa shape index (κ3) is 5.59. The molecule has 0 bridgehead atoms. The van der Waals surface area contributed by atoms with Gasteiger partial charge < -0.3 is 14.6 Å². The highest BCUT2D eigenvalue weighted by atomic mass is 35.5. The van der Waals surface area contributed by atoms with Crippen LogP contribution in [0.25, 0.3) is 6.08 Å². The van der Waals surface area contributed by atoms with Gasteiger partial charge in [0.15, 0.2) is 5.75 Å². The summed E-state index contributed by atoms with van der Waals surface area (Å²) in [5, 5.41) is 20.9. The molecule has 0 aliphatic carbocycles. The fourth-order valence-electron chi connectivity index (χ4n) is 2.55. The maximum atomic E-state index is 12.4. The molecule has 2 N–H and O–H groups in total. The zero-order valence-corrected chi connectivity index (χ0v) is 18.4. The lowest BCUT2D eigenvalue weighted by Gasteiger charge is -2.11. The molecule has 32 heavy (non-hydrogen) atoms. The summed E-state index contributed by atoms with van der Waals surface area (Å²) in [6.45, 7) is 0. The van der Waals surface area contributed by atoms with Crippen molar-refractivity contribution in [1.82, 2.24) is 0 Å². The summed E-state index contributed by atoms with van der Waals surface area (Å²) in [7, 11) is -4.17. The van der Waals surface area contributed by atoms with Crippen LogP contribution in [0.4, 0.5) is 5.69 Å². The van der Waals surface area contributed by atoms with E-state index >= 15 is 0 Å². The fourth-order valence-corrected chi connectivity index (χ4v) is 4.20. The minimum Gasteiger partial charge on any atom is -0.508 e. The first-order valence-electron chi connectivity index (χ1n) is 8.90. The minimum atomic E-state index is -4.17. The summed E-state index contributed by atoms with van der Waals surface area (Å²) in [6, 6.07) is 17.6. The van der Waals surface area contributed by atoms with Gasteiger partial charge in [-0.3, -0.25) is 4.79 Å². The minimum absolute atomic E-state index is 0.0277. The summed E-state index contributed by atoms with van der Waals surface area (Å²) < 4.78 is 30.0. The lowest BCUT2D eigenvalue weighted by molar-refractivity contribution is -0.112. The Kier molecular flexibility index (Phi) is 7.05. The number of nitrogens with one attached hydrogen (secondary N) is 1. The van der Waals surface area contributed by atoms with Gasteiger partial charge in [-0.05, 0) is 60.2 Å². The van der Waals surface area contributed by atoms with Crippen LogP contribution in [0.15, 0.2) is 77.2 Å². The summed E-state index contributed by atoms with van der Waals surface area (Å²) >= 11 is 12.3. The van der Waals surface area contributed by atoms with Crippen molar-refractivity contribution in [2.75, 3.05) is 5.32 Å². The van der Waals surface area contributed by atoms with E-state index < -0.39 is 16.0 Å². The first-order valence-corrected chi connectivity index (χ1v) is 11.1. The Morgan fingerprint density at radius 2 is 1.62 bits per heavy atom. The van der Waals surface area contributed by atoms with Gasteiger partial charge in [-0.25, -0.2) is 0 Å². The number of rotatable bonds is 6. The molecule has 0 fully saturated rings. The summed E-state index contributed by atoms with van der Waals surface area (Å²) in [4.78, 5) is 12.3. The van der Waals surface area contributed by atoms with Crippen molar-refractivity contribution in [2.45, 2.75) is 4.90 Å². The molecule has 0 heterocycles. The number of aromatic hydroxyl groups is 1. The number of phenols is 1. The largest absolute Gasteiger partial charge is 0.508 e. The van der Waals surface area contributed by atoms with Crippen molar-refractivity contribution in [2.24, 2.45) is 0 Å². The molecular weight excluding hydrogens is 475 g/mol. The lowest BCUT2D eigenvalue weighted by Crippen LogP contribution is -2.13. The van der Waals surface area contributed by atoms with E-state index in [1.165, 1.54) is 54.6 Å². The van der Waals surface area contributed by atoms with Gasteiger partial charge in [-0.15, -0.1) is 0 Å². The van der Waals surface area contributed by atoms with Crippen LogP contribution in [-0.4, -0.2) is 19.4 Å². The van der Waals surface area contributed by atoms with Crippen molar-refractivity contribution in [3.63, 3.8) is 0 Å². The quantitative estimate of drug-likeness (QED) is 0.218. The normalized spacial score (nSPS) is 11.5. The molecule has 0 radical (unpaired) electrons. The van der Waals surface area contributed by atoms with Crippen LogP contribution in [0, 0.1) is 11.3 Å². The van der Waals surface area contributed by atoms with Crippen LogP contribution in [-0.2, 0) is 14.9 Å². The number of halogens is 2. The van der Waals surface area contributed by atoms with Gasteiger partial charge in [0.2, 0.25) is 0 Å². The van der Waals surface area contributed by atoms with E-state index in [1.807, 2.05) is 0 Å². The zero-order valence-electron chi connectivity index (χ0n) is 16.1. The fraction of sp³-hybridized carbons (Fsp3) is 0. The molecule has 0 aromatic heterocycles. The van der Waals surface area contributed by atoms with E-state index in [1.54, 1.807) is 24.3 Å². The van der Waals surface area contributed by atoms with E-state index in [9.17, 15) is 23.6 Å². The van der Waals surface area contributed by atoms with Gasteiger partial charge >= 0.3 is 10.1 Å². The van der Waals surface area contributed by atoms with E-state index in [-0.39, 0.29) is 37.6 Å². The van der Waals surface area contributed by atoms with Crippen molar-refractivity contribution in [3.8, 4) is 17.6 Å². The van der Waals surface area contributed by atoms with Gasteiger partial charge in [-0.2, -0.15) is 13.7 Å². The zero-order chi connectivity index (χ0) is 23.3. The average molecular weight is 489 g/mol. The van der Waals surface area contributed by atoms with Crippen molar-refractivity contribution in [3.05, 3.63) is 87.9 Å². The number of carbonyl (C=O) groups is 1. The topological polar surface area (TPSA) is 116 Å². The second-order valence-electron chi connectivity index (χ2n) is 6.33. The molecule has 3 aromatic rings. The van der Waals surface area contributed by atoms with Gasteiger partial charge in [-0.1, -0.05) is 41.4 Å². The molecule has 3 rings (SSSR count). The second kappa shape index (κ2) is 9.75. The molecule has 1 amide bonds. The van der Waals surface area contributed by atoms with E-state index in [0.717, 1.165) is 0 Å². The number of benzene rings is 3. The second-order valence-corrected chi connectivity index (χ2v) is 8.70. The Hall–Kier alpha value is -3.51. The number of phenolic OH excluding ortho intramolecular Hbond substituents is 1. The Labute approximate surface area is 194 Å². The molecule has 0 aliphatic rings. The average Bonchev–Trinajstić information content (AvgIpc) is 2.77. The highest BCUT2D eigenvalue weighted by Crippen LogP contribution is 2.36. The number of amides is 1. The Morgan fingerprint density at radius 3 is 2.19 bits per heavy atom. The third-order valence-corrected chi connectivity index (χ3v) is 5.84. The van der Waals surface area contributed by atoms with Crippen LogP contribution >= 0.6 is 23.2 Å². The van der Waals surface area contributed by atoms with E-state index in [4.69, 9.17) is 27.4 Å². The lowest BCUT2D eigenvalue weighted by atomic mass is 10.1. The number of hydrogen-bond donors (Lipinski definition) is 2. The van der Waals surface area contributed by atoms with Crippen LogP contribution in [0.5, 0.6) is 11.5 Å². The highest BCUT2D eigenvalue weighted by Gasteiger charge is 2.21. The smallest absolute Gasteiger partial charge is 0.339 e. The monoisotopic (exact) mass is 488 g/mol. The molecule has 162 valence electrons. The molecule has 0 unspecified atom stereocenters. The standard InChI is InChI=1S/C22H14Cl2N2O5S/c23-19-11-14(10-15(13-25)22(28)26-16-6-8-17(27)9-7-16)12-20(24)21(19)31-32(29,30)18-4-2-1-3-5-18/h1-12,27H,(H,26,28)/b15-10+. The maximum Gasteiger partial charge on any atom is 0.339 e. The number of carbonyl (C=O) groups excluding carboxylic acids is 1. The first-order chi connectivity index (χ1) is 15.2. The van der Waals surface area contributed by atoms with Gasteiger partial charge in [0.25, 0.3) is 5.91 Å². The molecule has 7 nitrogen and oxygen atoms in total. The highest BCUT2D eigenvalue weighted by molar-refractivity contribution is 7.87. The summed E-state index contributed by atoms with van der Waals surface area (Å²) in [5.41, 5.74) is 0.400. The van der Waals surface area contributed by atoms with E-state index in [2.05, 4.69) is 5.32 Å². The Morgan fingerprint density at radius 1 is 1.03 bits per heavy atom. The third-order valence-electron chi connectivity index (χ3n) is 4.05. The van der Waals surface area contributed by atoms with Crippen molar-refractivity contribution < 1.29 is 22.5 Å². The van der Waals surface area contributed by atoms with Crippen LogP contribution in [0.2, 0.25) is 10.0 Å². The number of nitriles is 1. The van der Waals surface area contributed by atoms with E-state index in [0.29, 0.717) is 5.69 Å².